The molecule has 0 saturated carbocycles. The number of hydrogen-bond donors (Lipinski definition) is 1. The molecule has 0 aliphatic carbocycles. The molecule has 1 fully saturated rings. The molecule has 2 aromatic carbocycles. The average molecular weight is 471 g/mol. The summed E-state index contributed by atoms with van der Waals surface area (Å²) in [5.74, 6) is -2.11. The van der Waals surface area contributed by atoms with Crippen molar-refractivity contribution in [3.8, 4) is 5.75 Å². The molecule has 1 aliphatic rings. The highest BCUT2D eigenvalue weighted by molar-refractivity contribution is 6.30. The smallest absolute Gasteiger partial charge is 0.233 e. The van der Waals surface area contributed by atoms with Gasteiger partial charge in [0, 0.05) is 35.4 Å². The first-order valence-electron chi connectivity index (χ1n) is 10.8. The summed E-state index contributed by atoms with van der Waals surface area (Å²) in [6, 6.07) is 14.1. The molecule has 3 rings (SSSR count). The van der Waals surface area contributed by atoms with E-state index in [0.29, 0.717) is 29.3 Å². The summed E-state index contributed by atoms with van der Waals surface area (Å²) >= 11 is 6.11. The second-order valence-corrected chi connectivity index (χ2v) is 8.65. The van der Waals surface area contributed by atoms with Gasteiger partial charge in [-0.3, -0.25) is 24.1 Å². The van der Waals surface area contributed by atoms with E-state index in [1.807, 2.05) is 6.07 Å². The lowest BCUT2D eigenvalue weighted by molar-refractivity contribution is -0.149. The number of methoxy groups -OCH3 is 1. The van der Waals surface area contributed by atoms with Gasteiger partial charge < -0.3 is 10.1 Å². The van der Waals surface area contributed by atoms with Crippen LogP contribution < -0.4 is 10.1 Å². The standard InChI is InChI=1S/C25H27ClN2O5/c1-16(24(31)27-20-6-4-3-5-7-20)12-23(30)28-15-21(29)10-8-17(25(28)32)13-18-14-19(26)9-11-22(18)33-2/h3-7,9,11,14,16-17H,8,10,12-13,15H2,1-2H3,(H,27,31)/t16-,17?/m0/s1. The number of nitrogens with zero attached hydrogens (tertiary/aromatic N) is 1. The highest BCUT2D eigenvalue weighted by atomic mass is 35.5. The zero-order valence-electron chi connectivity index (χ0n) is 18.7. The molecule has 0 radical (unpaired) electrons. The van der Waals surface area contributed by atoms with E-state index in [9.17, 15) is 19.2 Å². The Labute approximate surface area is 198 Å². The average Bonchev–Trinajstić information content (AvgIpc) is 2.93. The summed E-state index contributed by atoms with van der Waals surface area (Å²) in [4.78, 5) is 52.0. The zero-order valence-corrected chi connectivity index (χ0v) is 19.4. The van der Waals surface area contributed by atoms with Gasteiger partial charge >= 0.3 is 0 Å². The minimum absolute atomic E-state index is 0.176. The Balaban J connectivity index is 1.71. The van der Waals surface area contributed by atoms with Gasteiger partial charge in [0.05, 0.1) is 13.7 Å². The largest absolute Gasteiger partial charge is 0.496 e. The summed E-state index contributed by atoms with van der Waals surface area (Å²) < 4.78 is 5.37. The number of likely N-dealkylation sites (tertiary alicyclic amines) is 1. The quantitative estimate of drug-likeness (QED) is 0.662. The van der Waals surface area contributed by atoms with Gasteiger partial charge in [0.1, 0.15) is 5.75 Å². The maximum Gasteiger partial charge on any atom is 0.233 e. The minimum atomic E-state index is -0.671. The van der Waals surface area contributed by atoms with Crippen LogP contribution in [-0.4, -0.2) is 42.1 Å². The Morgan fingerprint density at radius 3 is 2.61 bits per heavy atom. The number of carbonyl (C=O) groups excluding carboxylic acids is 4. The number of rotatable bonds is 7. The second kappa shape index (κ2) is 11.1. The number of para-hydroxylation sites is 1. The fourth-order valence-corrected chi connectivity index (χ4v) is 4.03. The lowest BCUT2D eigenvalue weighted by Crippen LogP contribution is -2.43. The molecule has 0 spiro atoms. The van der Waals surface area contributed by atoms with Crippen LogP contribution >= 0.6 is 11.6 Å². The number of nitrogens with one attached hydrogen (secondary N) is 1. The molecule has 2 aromatic rings. The molecule has 0 aromatic heterocycles. The van der Waals surface area contributed by atoms with E-state index in [2.05, 4.69) is 5.32 Å². The summed E-state index contributed by atoms with van der Waals surface area (Å²) in [6.07, 6.45) is 0.656. The third-order valence-corrected chi connectivity index (χ3v) is 5.94. The summed E-state index contributed by atoms with van der Waals surface area (Å²) in [7, 11) is 1.53. The van der Waals surface area contributed by atoms with Gasteiger partial charge in [0.25, 0.3) is 0 Å². The van der Waals surface area contributed by atoms with E-state index in [4.69, 9.17) is 16.3 Å². The fourth-order valence-electron chi connectivity index (χ4n) is 3.84. The fraction of sp³-hybridized carbons (Fsp3) is 0.360. The Morgan fingerprint density at radius 1 is 1.18 bits per heavy atom. The zero-order chi connectivity index (χ0) is 24.0. The molecule has 1 unspecified atom stereocenters. The van der Waals surface area contributed by atoms with E-state index in [0.717, 1.165) is 10.5 Å². The SMILES string of the molecule is COc1ccc(Cl)cc1CC1CCC(=O)CN(C(=O)C[C@H](C)C(=O)Nc2ccccc2)C1=O. The highest BCUT2D eigenvalue weighted by Gasteiger charge is 2.35. The topological polar surface area (TPSA) is 92.8 Å². The lowest BCUT2D eigenvalue weighted by Gasteiger charge is -2.24. The van der Waals surface area contributed by atoms with Gasteiger partial charge in [0.15, 0.2) is 5.78 Å². The molecular formula is C25H27ClN2O5. The highest BCUT2D eigenvalue weighted by Crippen LogP contribution is 2.29. The predicted molar refractivity (Wildman–Crippen MR) is 125 cm³/mol. The Kier molecular flexibility index (Phi) is 8.22. The van der Waals surface area contributed by atoms with Gasteiger partial charge in [-0.05, 0) is 48.7 Å². The van der Waals surface area contributed by atoms with E-state index in [1.54, 1.807) is 49.4 Å². The maximum atomic E-state index is 13.2. The molecule has 1 N–H and O–H groups in total. The number of ketones is 1. The molecule has 1 heterocycles. The van der Waals surface area contributed by atoms with Crippen LogP contribution in [0.15, 0.2) is 48.5 Å². The Bertz CT molecular complexity index is 1040. The van der Waals surface area contributed by atoms with Crippen LogP contribution in [0.2, 0.25) is 5.02 Å². The maximum absolute atomic E-state index is 13.2. The lowest BCUT2D eigenvalue weighted by atomic mass is 9.93. The summed E-state index contributed by atoms with van der Waals surface area (Å²) in [5, 5.41) is 3.26. The van der Waals surface area contributed by atoms with E-state index in [1.165, 1.54) is 7.11 Å². The summed E-state index contributed by atoms with van der Waals surface area (Å²) in [5.41, 5.74) is 1.36. The van der Waals surface area contributed by atoms with Gasteiger partial charge in [-0.15, -0.1) is 0 Å². The molecule has 8 heteroatoms. The number of halogens is 1. The van der Waals surface area contributed by atoms with Crippen LogP contribution in [0.1, 0.15) is 31.7 Å². The van der Waals surface area contributed by atoms with Gasteiger partial charge in [-0.25, -0.2) is 0 Å². The van der Waals surface area contributed by atoms with Crippen molar-refractivity contribution < 1.29 is 23.9 Å². The predicted octanol–water partition coefficient (Wildman–Crippen LogP) is 3.89. The van der Waals surface area contributed by atoms with Crippen molar-refractivity contribution in [3.63, 3.8) is 0 Å². The van der Waals surface area contributed by atoms with Gasteiger partial charge in [0.2, 0.25) is 17.7 Å². The number of anilines is 1. The van der Waals surface area contributed by atoms with Crippen molar-refractivity contribution in [2.45, 2.75) is 32.6 Å². The number of hydrogen-bond acceptors (Lipinski definition) is 5. The molecule has 174 valence electrons. The number of Topliss-reactive ketones (excluding diaryl/α,β-unsaturated/α-hetero) is 1. The van der Waals surface area contributed by atoms with Crippen LogP contribution in [0.4, 0.5) is 5.69 Å². The molecule has 0 bridgehead atoms. The Morgan fingerprint density at radius 2 is 1.91 bits per heavy atom. The van der Waals surface area contributed by atoms with Crippen molar-refractivity contribution in [3.05, 3.63) is 59.1 Å². The number of benzene rings is 2. The first-order valence-corrected chi connectivity index (χ1v) is 11.2. The van der Waals surface area contributed by atoms with E-state index >= 15 is 0 Å². The van der Waals surface area contributed by atoms with Crippen LogP contribution in [0, 0.1) is 11.8 Å². The Hall–Kier alpha value is -3.19. The number of imide groups is 1. The van der Waals surface area contributed by atoms with Crippen molar-refractivity contribution in [1.29, 1.82) is 0 Å². The van der Waals surface area contributed by atoms with E-state index < -0.39 is 23.7 Å². The van der Waals surface area contributed by atoms with Crippen LogP contribution in [0.3, 0.4) is 0 Å². The molecule has 3 amide bonds. The number of amides is 3. The minimum Gasteiger partial charge on any atom is -0.496 e. The molecule has 7 nitrogen and oxygen atoms in total. The van der Waals surface area contributed by atoms with Crippen molar-refractivity contribution in [2.75, 3.05) is 19.0 Å². The van der Waals surface area contributed by atoms with Crippen LogP contribution in [0.25, 0.3) is 0 Å². The van der Waals surface area contributed by atoms with Crippen LogP contribution in [0.5, 0.6) is 5.75 Å². The van der Waals surface area contributed by atoms with Gasteiger partial charge in [-0.2, -0.15) is 0 Å². The van der Waals surface area contributed by atoms with E-state index in [-0.39, 0.29) is 31.1 Å². The first-order chi connectivity index (χ1) is 15.8. The molecule has 1 aliphatic heterocycles. The van der Waals surface area contributed by atoms with Crippen LogP contribution in [-0.2, 0) is 25.6 Å². The van der Waals surface area contributed by atoms with Crippen molar-refractivity contribution in [2.24, 2.45) is 11.8 Å². The summed E-state index contributed by atoms with van der Waals surface area (Å²) in [6.45, 7) is 1.35. The molecule has 1 saturated heterocycles. The van der Waals surface area contributed by atoms with Crippen molar-refractivity contribution in [1.82, 2.24) is 4.90 Å². The number of carbonyl (C=O) groups is 4. The van der Waals surface area contributed by atoms with Gasteiger partial charge in [-0.1, -0.05) is 36.7 Å². The third-order valence-electron chi connectivity index (χ3n) is 5.70. The molecule has 2 atom stereocenters. The second-order valence-electron chi connectivity index (χ2n) is 8.21. The normalized spacial score (nSPS) is 17.3. The first kappa shape index (κ1) is 24.5. The monoisotopic (exact) mass is 470 g/mol. The van der Waals surface area contributed by atoms with Crippen molar-refractivity contribution >= 4 is 40.8 Å². The molecular weight excluding hydrogens is 444 g/mol. The number of ether oxygens (including phenoxy) is 1. The third kappa shape index (κ3) is 6.42. The molecule has 33 heavy (non-hydrogen) atoms.